The van der Waals surface area contributed by atoms with Crippen molar-refractivity contribution in [2.45, 2.75) is 57.9 Å². The van der Waals surface area contributed by atoms with Gasteiger partial charge in [-0.2, -0.15) is 0 Å². The second kappa shape index (κ2) is 7.96. The largest absolute Gasteiger partial charge is 0.444 e. The summed E-state index contributed by atoms with van der Waals surface area (Å²) < 4.78 is 32.3. The molecule has 1 heterocycles. The molecule has 26 heavy (non-hydrogen) atoms. The smallest absolute Gasteiger partial charge is 0.410 e. The van der Waals surface area contributed by atoms with E-state index in [2.05, 4.69) is 0 Å². The van der Waals surface area contributed by atoms with Crippen LogP contribution in [0.5, 0.6) is 0 Å². The van der Waals surface area contributed by atoms with E-state index in [-0.39, 0.29) is 17.9 Å². The normalized spacial score (nSPS) is 16.8. The first-order chi connectivity index (χ1) is 12.0. The predicted octanol–water partition coefficient (Wildman–Crippen LogP) is 3.16. The van der Waals surface area contributed by atoms with Crippen LogP contribution < -0.4 is 0 Å². The zero-order valence-electron chi connectivity index (χ0n) is 16.4. The minimum absolute atomic E-state index is 0.00391. The summed E-state index contributed by atoms with van der Waals surface area (Å²) in [4.78, 5) is 13.8. The van der Waals surface area contributed by atoms with Crippen LogP contribution in [-0.4, -0.2) is 55.5 Å². The lowest BCUT2D eigenvalue weighted by Gasteiger charge is -2.36. The van der Waals surface area contributed by atoms with Crippen LogP contribution in [-0.2, 0) is 20.5 Å². The van der Waals surface area contributed by atoms with Crippen LogP contribution in [0.2, 0.25) is 0 Å². The minimum atomic E-state index is -3.39. The summed E-state index contributed by atoms with van der Waals surface area (Å²) in [7, 11) is -1.76. The Morgan fingerprint density at radius 3 is 2.23 bits per heavy atom. The number of ether oxygens (including phenoxy) is 1. The van der Waals surface area contributed by atoms with Crippen molar-refractivity contribution in [3.8, 4) is 0 Å². The number of aryl methyl sites for hydroxylation is 1. The molecule has 146 valence electrons. The second-order valence-corrected chi connectivity index (χ2v) is 9.99. The van der Waals surface area contributed by atoms with Crippen LogP contribution in [0.1, 0.15) is 44.7 Å². The monoisotopic (exact) mass is 382 g/mol. The summed E-state index contributed by atoms with van der Waals surface area (Å²) in [6.07, 6.45) is 0.896. The van der Waals surface area contributed by atoms with Gasteiger partial charge in [0.05, 0.1) is 5.75 Å². The Balaban J connectivity index is 1.93. The van der Waals surface area contributed by atoms with Crippen molar-refractivity contribution in [3.63, 3.8) is 0 Å². The molecule has 0 saturated carbocycles. The summed E-state index contributed by atoms with van der Waals surface area (Å²) in [5.74, 6) is -0.00391. The number of hydrogen-bond donors (Lipinski definition) is 0. The van der Waals surface area contributed by atoms with Gasteiger partial charge < -0.3 is 9.64 Å². The number of likely N-dealkylation sites (tertiary alicyclic amines) is 1. The SMILES string of the molecule is Cc1ccc(CS(=O)(=O)N(C)C2CCN(C(=O)OC(C)(C)C)CC2)cc1. The van der Waals surface area contributed by atoms with Gasteiger partial charge in [0.2, 0.25) is 10.0 Å². The molecule has 1 aliphatic heterocycles. The molecule has 1 amide bonds. The molecule has 1 fully saturated rings. The third-order valence-electron chi connectivity index (χ3n) is 4.54. The summed E-state index contributed by atoms with van der Waals surface area (Å²) in [5.41, 5.74) is 1.37. The highest BCUT2D eigenvalue weighted by atomic mass is 32.2. The zero-order valence-corrected chi connectivity index (χ0v) is 17.2. The molecule has 1 aromatic rings. The number of hydrogen-bond acceptors (Lipinski definition) is 4. The Bertz CT molecular complexity index is 715. The number of sulfonamides is 1. The van der Waals surface area contributed by atoms with Crippen LogP contribution in [0.4, 0.5) is 4.79 Å². The maximum atomic E-state index is 12.7. The molecule has 1 aliphatic rings. The Kier molecular flexibility index (Phi) is 6.34. The van der Waals surface area contributed by atoms with E-state index < -0.39 is 15.6 Å². The average Bonchev–Trinajstić information content (AvgIpc) is 2.54. The second-order valence-electron chi connectivity index (χ2n) is 7.96. The van der Waals surface area contributed by atoms with Crippen LogP contribution >= 0.6 is 0 Å². The number of piperidine rings is 1. The maximum absolute atomic E-state index is 12.7. The summed E-state index contributed by atoms with van der Waals surface area (Å²) in [6, 6.07) is 7.45. The van der Waals surface area contributed by atoms with Crippen LogP contribution in [0, 0.1) is 6.92 Å². The van der Waals surface area contributed by atoms with E-state index in [1.165, 1.54) is 4.31 Å². The van der Waals surface area contributed by atoms with Crippen molar-refractivity contribution >= 4 is 16.1 Å². The Morgan fingerprint density at radius 1 is 1.19 bits per heavy atom. The molecule has 0 spiro atoms. The molecular formula is C19H30N2O4S. The van der Waals surface area contributed by atoms with Gasteiger partial charge >= 0.3 is 6.09 Å². The lowest BCUT2D eigenvalue weighted by atomic mass is 10.1. The Labute approximate surface area is 157 Å². The van der Waals surface area contributed by atoms with Crippen LogP contribution in [0.3, 0.4) is 0 Å². The van der Waals surface area contributed by atoms with E-state index >= 15 is 0 Å². The summed E-state index contributed by atoms with van der Waals surface area (Å²) >= 11 is 0. The lowest BCUT2D eigenvalue weighted by Crippen LogP contribution is -2.48. The molecule has 0 N–H and O–H groups in total. The molecule has 0 unspecified atom stereocenters. The molecule has 0 bridgehead atoms. The number of amides is 1. The van der Waals surface area contributed by atoms with Gasteiger partial charge in [-0.15, -0.1) is 0 Å². The highest BCUT2D eigenvalue weighted by Crippen LogP contribution is 2.22. The first-order valence-corrected chi connectivity index (χ1v) is 10.6. The maximum Gasteiger partial charge on any atom is 0.410 e. The highest BCUT2D eigenvalue weighted by molar-refractivity contribution is 7.88. The van der Waals surface area contributed by atoms with Gasteiger partial charge in [-0.3, -0.25) is 0 Å². The van der Waals surface area contributed by atoms with Gasteiger partial charge in [-0.05, 0) is 46.1 Å². The van der Waals surface area contributed by atoms with Crippen molar-refractivity contribution in [3.05, 3.63) is 35.4 Å². The van der Waals surface area contributed by atoms with Gasteiger partial charge in [0, 0.05) is 26.2 Å². The van der Waals surface area contributed by atoms with Crippen molar-refractivity contribution < 1.29 is 17.9 Å². The Morgan fingerprint density at radius 2 is 1.73 bits per heavy atom. The topological polar surface area (TPSA) is 66.9 Å². The molecule has 2 rings (SSSR count). The van der Waals surface area contributed by atoms with E-state index in [1.807, 2.05) is 52.0 Å². The third kappa shape index (κ3) is 5.71. The quantitative estimate of drug-likeness (QED) is 0.802. The molecule has 0 aromatic heterocycles. The van der Waals surface area contributed by atoms with E-state index in [0.29, 0.717) is 25.9 Å². The van der Waals surface area contributed by atoms with Gasteiger partial charge in [0.15, 0.2) is 0 Å². The summed E-state index contributed by atoms with van der Waals surface area (Å²) in [6.45, 7) is 8.49. The molecule has 0 radical (unpaired) electrons. The molecule has 6 nitrogen and oxygen atoms in total. The van der Waals surface area contributed by atoms with Crippen molar-refractivity contribution in [1.29, 1.82) is 0 Å². The van der Waals surface area contributed by atoms with E-state index in [1.54, 1.807) is 11.9 Å². The van der Waals surface area contributed by atoms with Gasteiger partial charge in [-0.25, -0.2) is 17.5 Å². The number of nitrogens with zero attached hydrogens (tertiary/aromatic N) is 2. The fraction of sp³-hybridized carbons (Fsp3) is 0.632. The number of benzene rings is 1. The van der Waals surface area contributed by atoms with Crippen LogP contribution in [0.25, 0.3) is 0 Å². The average molecular weight is 383 g/mol. The van der Waals surface area contributed by atoms with E-state index in [9.17, 15) is 13.2 Å². The number of carbonyl (C=O) groups excluding carboxylic acids is 1. The minimum Gasteiger partial charge on any atom is -0.444 e. The fourth-order valence-corrected chi connectivity index (χ4v) is 4.44. The highest BCUT2D eigenvalue weighted by Gasteiger charge is 2.32. The van der Waals surface area contributed by atoms with Gasteiger partial charge in [0.25, 0.3) is 0 Å². The van der Waals surface area contributed by atoms with Crippen molar-refractivity contribution in [1.82, 2.24) is 9.21 Å². The van der Waals surface area contributed by atoms with Gasteiger partial charge in [0.1, 0.15) is 5.60 Å². The first-order valence-electron chi connectivity index (χ1n) is 8.97. The van der Waals surface area contributed by atoms with Crippen molar-refractivity contribution in [2.24, 2.45) is 0 Å². The third-order valence-corrected chi connectivity index (χ3v) is 6.41. The predicted molar refractivity (Wildman–Crippen MR) is 102 cm³/mol. The molecule has 1 saturated heterocycles. The molecule has 0 aliphatic carbocycles. The lowest BCUT2D eigenvalue weighted by molar-refractivity contribution is 0.0183. The molecule has 7 heteroatoms. The molecule has 1 aromatic carbocycles. The molecular weight excluding hydrogens is 352 g/mol. The number of rotatable bonds is 4. The van der Waals surface area contributed by atoms with Crippen molar-refractivity contribution in [2.75, 3.05) is 20.1 Å². The zero-order chi connectivity index (χ0) is 19.5. The molecule has 0 atom stereocenters. The van der Waals surface area contributed by atoms with E-state index in [0.717, 1.165) is 11.1 Å². The summed E-state index contributed by atoms with van der Waals surface area (Å²) in [5, 5.41) is 0. The number of carbonyl (C=O) groups is 1. The first kappa shape index (κ1) is 20.7. The standard InChI is InChI=1S/C19H30N2O4S/c1-15-6-8-16(9-7-15)14-26(23,24)20(5)17-10-12-21(13-11-17)18(22)25-19(2,3)4/h6-9,17H,10-14H2,1-5H3. The van der Waals surface area contributed by atoms with Gasteiger partial charge in [-0.1, -0.05) is 29.8 Å². The Hall–Kier alpha value is -1.60. The van der Waals surface area contributed by atoms with Crippen LogP contribution in [0.15, 0.2) is 24.3 Å². The van der Waals surface area contributed by atoms with E-state index in [4.69, 9.17) is 4.74 Å². The fourth-order valence-electron chi connectivity index (χ4n) is 2.96.